The normalized spacial score (nSPS) is 12.3. The summed E-state index contributed by atoms with van der Waals surface area (Å²) in [5, 5.41) is 9.52. The number of nitriles is 1. The second-order valence-electron chi connectivity index (χ2n) is 4.27. The molecule has 5 heteroatoms. The fourth-order valence-electron chi connectivity index (χ4n) is 1.92. The lowest BCUT2D eigenvalue weighted by Gasteiger charge is -2.23. The number of pyridine rings is 1. The Bertz CT molecular complexity index is 584. The molecule has 2 rings (SSSR count). The number of alkyl halides is 1. The molecule has 0 N–H and O–H groups in total. The Balaban J connectivity index is 2.47. The van der Waals surface area contributed by atoms with E-state index in [9.17, 15) is 0 Å². The Morgan fingerprint density at radius 2 is 2.33 bits per heavy atom. The molecule has 0 saturated heterocycles. The van der Waals surface area contributed by atoms with Crippen molar-refractivity contribution in [1.29, 1.82) is 5.26 Å². The molecule has 94 valence electrons. The molecule has 0 fully saturated rings. The lowest BCUT2D eigenvalue weighted by molar-refractivity contribution is 0.693. The van der Waals surface area contributed by atoms with Gasteiger partial charge in [0.05, 0.1) is 18.2 Å². The highest BCUT2D eigenvalue weighted by Crippen LogP contribution is 2.24. The van der Waals surface area contributed by atoms with Gasteiger partial charge in [-0.2, -0.15) is 5.26 Å². The van der Waals surface area contributed by atoms with Crippen molar-refractivity contribution < 1.29 is 0 Å². The van der Waals surface area contributed by atoms with Crippen molar-refractivity contribution in [2.24, 2.45) is 0 Å². The molecule has 2 heterocycles. The van der Waals surface area contributed by atoms with Gasteiger partial charge < -0.3 is 9.30 Å². The van der Waals surface area contributed by atoms with Gasteiger partial charge in [-0.15, -0.1) is 0 Å². The van der Waals surface area contributed by atoms with E-state index >= 15 is 0 Å². The van der Waals surface area contributed by atoms with E-state index in [0.29, 0.717) is 6.42 Å². The Kier molecular flexibility index (Phi) is 3.87. The summed E-state index contributed by atoms with van der Waals surface area (Å²) >= 11 is 3.51. The minimum atomic E-state index is 0.151. The van der Waals surface area contributed by atoms with Crippen molar-refractivity contribution >= 4 is 27.4 Å². The van der Waals surface area contributed by atoms with Crippen LogP contribution in [0.1, 0.15) is 19.0 Å². The van der Waals surface area contributed by atoms with Crippen LogP contribution in [0.3, 0.4) is 0 Å². The number of rotatable bonds is 4. The van der Waals surface area contributed by atoms with Crippen LogP contribution in [-0.2, 0) is 5.33 Å². The van der Waals surface area contributed by atoms with Crippen LogP contribution < -0.4 is 4.90 Å². The van der Waals surface area contributed by atoms with Gasteiger partial charge in [0.1, 0.15) is 5.65 Å². The summed E-state index contributed by atoms with van der Waals surface area (Å²) in [6.45, 7) is 2.03. The Labute approximate surface area is 115 Å². The minimum Gasteiger partial charge on any atom is -0.354 e. The molecule has 4 nitrogen and oxygen atoms in total. The number of fused-ring (bicyclic) bond motifs is 1. The van der Waals surface area contributed by atoms with E-state index in [-0.39, 0.29) is 6.04 Å². The third-order valence-electron chi connectivity index (χ3n) is 3.12. The molecule has 0 aliphatic rings. The van der Waals surface area contributed by atoms with Crippen molar-refractivity contribution in [2.75, 3.05) is 11.9 Å². The molecule has 2 aromatic rings. The Hall–Kier alpha value is -1.54. The van der Waals surface area contributed by atoms with Crippen LogP contribution in [0.25, 0.3) is 5.65 Å². The minimum absolute atomic E-state index is 0.151. The van der Waals surface area contributed by atoms with Gasteiger partial charge in [-0.05, 0) is 19.1 Å². The fraction of sp³-hybridized carbons (Fsp3) is 0.385. The molecule has 0 spiro atoms. The molecule has 0 aromatic carbocycles. The highest BCUT2D eigenvalue weighted by Gasteiger charge is 2.18. The number of imidazole rings is 1. The number of aromatic nitrogens is 2. The first kappa shape index (κ1) is 12.9. The summed E-state index contributed by atoms with van der Waals surface area (Å²) in [6, 6.07) is 8.30. The standard InChI is InChI=1S/C13H15BrN4/c1-10(6-7-15)17(2)13-11(9-14)18-8-4-3-5-12(18)16-13/h3-5,8,10H,6,9H2,1-2H3. The summed E-state index contributed by atoms with van der Waals surface area (Å²) in [5.41, 5.74) is 2.04. The van der Waals surface area contributed by atoms with Gasteiger partial charge in [0.15, 0.2) is 5.82 Å². The van der Waals surface area contributed by atoms with Gasteiger partial charge in [0.2, 0.25) is 0 Å². The molecule has 0 aliphatic carbocycles. The zero-order chi connectivity index (χ0) is 13.1. The number of anilines is 1. The van der Waals surface area contributed by atoms with Crippen molar-refractivity contribution in [3.63, 3.8) is 0 Å². The van der Waals surface area contributed by atoms with Gasteiger partial charge in [-0.25, -0.2) is 4.98 Å². The van der Waals surface area contributed by atoms with Crippen molar-refractivity contribution in [2.45, 2.75) is 24.7 Å². The average molecular weight is 307 g/mol. The van der Waals surface area contributed by atoms with Crippen molar-refractivity contribution in [3.05, 3.63) is 30.1 Å². The summed E-state index contributed by atoms with van der Waals surface area (Å²) in [7, 11) is 1.98. The molecule has 1 atom stereocenters. The number of halogens is 1. The first-order valence-electron chi connectivity index (χ1n) is 5.80. The number of hydrogen-bond acceptors (Lipinski definition) is 3. The van der Waals surface area contributed by atoms with Crippen LogP contribution in [0, 0.1) is 11.3 Å². The number of nitrogens with zero attached hydrogens (tertiary/aromatic N) is 4. The highest BCUT2D eigenvalue weighted by atomic mass is 79.9. The zero-order valence-corrected chi connectivity index (χ0v) is 12.1. The third kappa shape index (κ3) is 2.21. The Morgan fingerprint density at radius 3 is 3.00 bits per heavy atom. The van der Waals surface area contributed by atoms with E-state index in [0.717, 1.165) is 22.5 Å². The monoisotopic (exact) mass is 306 g/mol. The quantitative estimate of drug-likeness (QED) is 0.816. The van der Waals surface area contributed by atoms with E-state index in [1.807, 2.05) is 38.4 Å². The molecular weight excluding hydrogens is 292 g/mol. The lowest BCUT2D eigenvalue weighted by atomic mass is 10.2. The topological polar surface area (TPSA) is 44.3 Å². The SMILES string of the molecule is CC(CC#N)N(C)c1nc2ccccn2c1CBr. The van der Waals surface area contributed by atoms with Crippen molar-refractivity contribution in [3.8, 4) is 6.07 Å². The third-order valence-corrected chi connectivity index (χ3v) is 3.65. The second kappa shape index (κ2) is 5.40. The predicted octanol–water partition coefficient (Wildman–Crippen LogP) is 2.97. The molecule has 1 unspecified atom stereocenters. The van der Waals surface area contributed by atoms with E-state index in [1.165, 1.54) is 0 Å². The number of hydrogen-bond donors (Lipinski definition) is 0. The molecule has 0 saturated carbocycles. The first-order chi connectivity index (χ1) is 8.69. The van der Waals surface area contributed by atoms with Gasteiger partial charge in [-0.3, -0.25) is 0 Å². The van der Waals surface area contributed by atoms with Gasteiger partial charge in [0, 0.05) is 24.6 Å². The van der Waals surface area contributed by atoms with E-state index < -0.39 is 0 Å². The van der Waals surface area contributed by atoms with Gasteiger partial charge >= 0.3 is 0 Å². The summed E-state index contributed by atoms with van der Waals surface area (Å²) in [6.07, 6.45) is 2.50. The van der Waals surface area contributed by atoms with Crippen LogP contribution in [-0.4, -0.2) is 22.5 Å². The lowest BCUT2D eigenvalue weighted by Crippen LogP contribution is -2.29. The average Bonchev–Trinajstić information content (AvgIpc) is 2.76. The van der Waals surface area contributed by atoms with Gasteiger partial charge in [0.25, 0.3) is 0 Å². The van der Waals surface area contributed by atoms with E-state index in [1.54, 1.807) is 0 Å². The second-order valence-corrected chi connectivity index (χ2v) is 4.83. The fourth-order valence-corrected chi connectivity index (χ4v) is 2.44. The van der Waals surface area contributed by atoms with Crippen LogP contribution in [0.15, 0.2) is 24.4 Å². The predicted molar refractivity (Wildman–Crippen MR) is 75.9 cm³/mol. The van der Waals surface area contributed by atoms with Crippen LogP contribution in [0.5, 0.6) is 0 Å². The molecule has 0 radical (unpaired) electrons. The van der Waals surface area contributed by atoms with Crippen LogP contribution >= 0.6 is 15.9 Å². The molecule has 0 amide bonds. The molecule has 0 aliphatic heterocycles. The molecule has 18 heavy (non-hydrogen) atoms. The van der Waals surface area contributed by atoms with Crippen LogP contribution in [0.2, 0.25) is 0 Å². The van der Waals surface area contributed by atoms with E-state index in [2.05, 4.69) is 36.3 Å². The maximum atomic E-state index is 8.79. The van der Waals surface area contributed by atoms with Crippen molar-refractivity contribution in [1.82, 2.24) is 9.38 Å². The highest BCUT2D eigenvalue weighted by molar-refractivity contribution is 9.08. The van der Waals surface area contributed by atoms with E-state index in [4.69, 9.17) is 5.26 Å². The maximum absolute atomic E-state index is 8.79. The zero-order valence-electron chi connectivity index (χ0n) is 10.5. The summed E-state index contributed by atoms with van der Waals surface area (Å²) < 4.78 is 2.07. The summed E-state index contributed by atoms with van der Waals surface area (Å²) in [5.74, 6) is 0.931. The van der Waals surface area contributed by atoms with Crippen LogP contribution in [0.4, 0.5) is 5.82 Å². The Morgan fingerprint density at radius 1 is 1.56 bits per heavy atom. The summed E-state index contributed by atoms with van der Waals surface area (Å²) in [4.78, 5) is 6.70. The smallest absolute Gasteiger partial charge is 0.152 e. The largest absolute Gasteiger partial charge is 0.354 e. The molecule has 0 bridgehead atoms. The maximum Gasteiger partial charge on any atom is 0.152 e. The molecule has 2 aromatic heterocycles. The first-order valence-corrected chi connectivity index (χ1v) is 6.93. The molecular formula is C13H15BrN4. The van der Waals surface area contributed by atoms with Gasteiger partial charge in [-0.1, -0.05) is 22.0 Å².